The summed E-state index contributed by atoms with van der Waals surface area (Å²) in [5.41, 5.74) is 2.48. The summed E-state index contributed by atoms with van der Waals surface area (Å²) in [6, 6.07) is 8.50. The molecule has 0 aliphatic carbocycles. The number of aromatic nitrogens is 2. The fourth-order valence-corrected chi connectivity index (χ4v) is 1.72. The quantitative estimate of drug-likeness (QED) is 0.692. The van der Waals surface area contributed by atoms with Crippen LogP contribution < -0.4 is 4.57 Å². The van der Waals surface area contributed by atoms with Gasteiger partial charge in [-0.15, -0.1) is 0 Å². The van der Waals surface area contributed by atoms with Gasteiger partial charge in [0.05, 0.1) is 7.05 Å². The molecule has 2 aromatic rings. The topological polar surface area (TPSA) is 8.81 Å². The maximum absolute atomic E-state index is 3.75. The van der Waals surface area contributed by atoms with Crippen molar-refractivity contribution in [1.82, 2.24) is 4.57 Å². The van der Waals surface area contributed by atoms with E-state index in [1.54, 1.807) is 0 Å². The van der Waals surface area contributed by atoms with Crippen LogP contribution in [0.4, 0.5) is 0 Å². The van der Waals surface area contributed by atoms with Gasteiger partial charge in [-0.25, -0.2) is 9.13 Å². The van der Waals surface area contributed by atoms with Crippen molar-refractivity contribution >= 4 is 6.08 Å². The van der Waals surface area contributed by atoms with Gasteiger partial charge in [0.15, 0.2) is 0 Å². The first-order chi connectivity index (χ1) is 7.70. The predicted molar refractivity (Wildman–Crippen MR) is 66.0 cm³/mol. The number of hydrogen-bond acceptors (Lipinski definition) is 0. The molecule has 0 spiro atoms. The number of benzene rings is 1. The second-order valence-electron chi connectivity index (χ2n) is 4.03. The molecule has 0 aliphatic rings. The van der Waals surface area contributed by atoms with Gasteiger partial charge in [0, 0.05) is 6.92 Å². The number of rotatable bonds is 3. The maximum Gasteiger partial charge on any atom is 0.253 e. The predicted octanol–water partition coefficient (Wildman–Crippen LogP) is 2.31. The van der Waals surface area contributed by atoms with E-state index in [4.69, 9.17) is 0 Å². The van der Waals surface area contributed by atoms with Gasteiger partial charge in [0.1, 0.15) is 18.9 Å². The molecule has 0 bridgehead atoms. The van der Waals surface area contributed by atoms with Crippen LogP contribution in [0.25, 0.3) is 6.08 Å². The molecule has 0 saturated carbocycles. The second kappa shape index (κ2) is 4.35. The molecule has 0 amide bonds. The molecule has 0 aliphatic heterocycles. The molecule has 1 aromatic heterocycles. The largest absolute Gasteiger partial charge is 0.253 e. The molecule has 2 heteroatoms. The Bertz CT molecular complexity index is 492. The lowest BCUT2D eigenvalue weighted by molar-refractivity contribution is -0.677. The molecule has 1 heterocycles. The number of nitrogens with zero attached hydrogens (tertiary/aromatic N) is 2. The minimum Gasteiger partial charge on any atom is -0.237 e. The van der Waals surface area contributed by atoms with E-state index in [0.29, 0.717) is 0 Å². The van der Waals surface area contributed by atoms with E-state index in [1.165, 1.54) is 17.0 Å². The highest BCUT2D eigenvalue weighted by atomic mass is 15.1. The molecule has 0 atom stereocenters. The SMILES string of the molecule is C=Cc1ccc(Cn2cc[n+](C)c2C)cc1. The summed E-state index contributed by atoms with van der Waals surface area (Å²) < 4.78 is 4.36. The van der Waals surface area contributed by atoms with Crippen LogP contribution in [0, 0.1) is 6.92 Å². The van der Waals surface area contributed by atoms with Gasteiger partial charge in [-0.3, -0.25) is 0 Å². The van der Waals surface area contributed by atoms with Crippen molar-refractivity contribution in [3.05, 3.63) is 60.2 Å². The van der Waals surface area contributed by atoms with Gasteiger partial charge in [0.25, 0.3) is 5.82 Å². The van der Waals surface area contributed by atoms with E-state index in [9.17, 15) is 0 Å². The molecule has 82 valence electrons. The zero-order valence-corrected chi connectivity index (χ0v) is 9.85. The molecule has 2 rings (SSSR count). The zero-order valence-electron chi connectivity index (χ0n) is 9.85. The summed E-state index contributed by atoms with van der Waals surface area (Å²) in [7, 11) is 2.06. The van der Waals surface area contributed by atoms with Crippen molar-refractivity contribution in [3.8, 4) is 0 Å². The molecule has 1 aromatic carbocycles. The average Bonchev–Trinajstić information content (AvgIpc) is 2.62. The Morgan fingerprint density at radius 3 is 2.50 bits per heavy atom. The maximum atomic E-state index is 3.75. The third-order valence-corrected chi connectivity index (χ3v) is 2.96. The van der Waals surface area contributed by atoms with Crippen LogP contribution in [0.5, 0.6) is 0 Å². The van der Waals surface area contributed by atoms with E-state index in [-0.39, 0.29) is 0 Å². The molecular weight excluding hydrogens is 196 g/mol. The van der Waals surface area contributed by atoms with Gasteiger partial charge in [-0.05, 0) is 11.1 Å². The molecule has 16 heavy (non-hydrogen) atoms. The Hall–Kier alpha value is -1.83. The Morgan fingerprint density at radius 1 is 1.31 bits per heavy atom. The lowest BCUT2D eigenvalue weighted by Gasteiger charge is -2.00. The van der Waals surface area contributed by atoms with Crippen LogP contribution in [-0.4, -0.2) is 4.57 Å². The number of aryl methyl sites for hydroxylation is 1. The summed E-state index contributed by atoms with van der Waals surface area (Å²) in [6.07, 6.45) is 6.05. The lowest BCUT2D eigenvalue weighted by atomic mass is 10.1. The van der Waals surface area contributed by atoms with Crippen molar-refractivity contribution in [1.29, 1.82) is 0 Å². The first-order valence-corrected chi connectivity index (χ1v) is 5.43. The fraction of sp³-hybridized carbons (Fsp3) is 0.214. The number of imidazole rings is 1. The highest BCUT2D eigenvalue weighted by molar-refractivity contribution is 5.47. The van der Waals surface area contributed by atoms with Gasteiger partial charge in [0.2, 0.25) is 0 Å². The normalized spacial score (nSPS) is 10.4. The highest BCUT2D eigenvalue weighted by Crippen LogP contribution is 2.07. The first kappa shape index (κ1) is 10.7. The third kappa shape index (κ3) is 2.06. The number of hydrogen-bond donors (Lipinski definition) is 0. The summed E-state index contributed by atoms with van der Waals surface area (Å²) in [5, 5.41) is 0. The molecular formula is C14H17N2+. The molecule has 0 saturated heterocycles. The molecule has 2 nitrogen and oxygen atoms in total. The van der Waals surface area contributed by atoms with Gasteiger partial charge < -0.3 is 0 Å². The zero-order chi connectivity index (χ0) is 11.5. The Morgan fingerprint density at radius 2 is 2.00 bits per heavy atom. The van der Waals surface area contributed by atoms with E-state index >= 15 is 0 Å². The van der Waals surface area contributed by atoms with Crippen LogP contribution in [0.2, 0.25) is 0 Å². The Balaban J connectivity index is 2.20. The first-order valence-electron chi connectivity index (χ1n) is 5.43. The summed E-state index contributed by atoms with van der Waals surface area (Å²) >= 11 is 0. The van der Waals surface area contributed by atoms with E-state index in [1.807, 2.05) is 6.08 Å². The Labute approximate surface area is 96.5 Å². The minimum atomic E-state index is 0.921. The molecule has 0 fully saturated rings. The van der Waals surface area contributed by atoms with Gasteiger partial charge >= 0.3 is 0 Å². The summed E-state index contributed by atoms with van der Waals surface area (Å²) in [5.74, 6) is 1.26. The third-order valence-electron chi connectivity index (χ3n) is 2.96. The van der Waals surface area contributed by atoms with E-state index in [0.717, 1.165) is 6.54 Å². The minimum absolute atomic E-state index is 0.921. The highest BCUT2D eigenvalue weighted by Gasteiger charge is 2.08. The summed E-state index contributed by atoms with van der Waals surface area (Å²) in [4.78, 5) is 0. The summed E-state index contributed by atoms with van der Waals surface area (Å²) in [6.45, 7) is 6.80. The molecule has 0 N–H and O–H groups in total. The van der Waals surface area contributed by atoms with Crippen LogP contribution in [-0.2, 0) is 13.6 Å². The van der Waals surface area contributed by atoms with Crippen molar-refractivity contribution in [3.63, 3.8) is 0 Å². The van der Waals surface area contributed by atoms with Crippen molar-refractivity contribution in [2.45, 2.75) is 13.5 Å². The second-order valence-corrected chi connectivity index (χ2v) is 4.03. The van der Waals surface area contributed by atoms with Crippen LogP contribution in [0.1, 0.15) is 17.0 Å². The van der Waals surface area contributed by atoms with E-state index < -0.39 is 0 Å². The van der Waals surface area contributed by atoms with Crippen molar-refractivity contribution < 1.29 is 4.57 Å². The van der Waals surface area contributed by atoms with Crippen LogP contribution in [0.3, 0.4) is 0 Å². The molecule has 0 unspecified atom stereocenters. The molecule has 0 radical (unpaired) electrons. The Kier molecular flexibility index (Phi) is 2.91. The van der Waals surface area contributed by atoms with Crippen LogP contribution in [0.15, 0.2) is 43.2 Å². The van der Waals surface area contributed by atoms with Crippen molar-refractivity contribution in [2.24, 2.45) is 7.05 Å². The average molecular weight is 213 g/mol. The smallest absolute Gasteiger partial charge is 0.237 e. The van der Waals surface area contributed by atoms with Crippen molar-refractivity contribution in [2.75, 3.05) is 0 Å². The lowest BCUT2D eigenvalue weighted by Crippen LogP contribution is -2.29. The van der Waals surface area contributed by atoms with Gasteiger partial charge in [-0.2, -0.15) is 0 Å². The van der Waals surface area contributed by atoms with Crippen LogP contribution >= 0.6 is 0 Å². The van der Waals surface area contributed by atoms with E-state index in [2.05, 4.69) is 66.3 Å². The fourth-order valence-electron chi connectivity index (χ4n) is 1.72. The van der Waals surface area contributed by atoms with Gasteiger partial charge in [-0.1, -0.05) is 36.9 Å². The standard InChI is InChI=1S/C14H17N2/c1-4-13-5-7-14(8-6-13)11-16-10-9-15(3)12(16)2/h4-10H,1,11H2,2-3H3/q+1. The monoisotopic (exact) mass is 213 g/mol.